The average Bonchev–Trinajstić information content (AvgIpc) is 3.27. The van der Waals surface area contributed by atoms with Crippen LogP contribution in [0.25, 0.3) is 0 Å². The molecule has 1 aromatic rings. The van der Waals surface area contributed by atoms with Crippen LogP contribution in [0.4, 0.5) is 5.69 Å². The number of rotatable bonds is 6. The quantitative estimate of drug-likeness (QED) is 0.853. The third-order valence-corrected chi connectivity index (χ3v) is 3.96. The first kappa shape index (κ1) is 14.1. The highest BCUT2D eigenvalue weighted by atomic mass is 16.2. The number of hydrogen-bond donors (Lipinski definition) is 1. The van der Waals surface area contributed by atoms with Crippen molar-refractivity contribution in [2.24, 2.45) is 0 Å². The number of hydrogen-bond acceptors (Lipinski definition) is 2. The smallest absolute Gasteiger partial charge is 0.240 e. The van der Waals surface area contributed by atoms with E-state index in [2.05, 4.69) is 31.3 Å². The van der Waals surface area contributed by atoms with Crippen molar-refractivity contribution >= 4 is 11.6 Å². The summed E-state index contributed by atoms with van der Waals surface area (Å²) in [5.74, 6) is 0.704. The first-order valence-electron chi connectivity index (χ1n) is 7.21. The zero-order valence-electron chi connectivity index (χ0n) is 12.1. The van der Waals surface area contributed by atoms with Gasteiger partial charge in [-0.1, -0.05) is 26.0 Å². The van der Waals surface area contributed by atoms with Gasteiger partial charge in [0, 0.05) is 18.8 Å². The molecule has 0 aliphatic heterocycles. The Morgan fingerprint density at radius 3 is 2.53 bits per heavy atom. The van der Waals surface area contributed by atoms with E-state index >= 15 is 0 Å². The van der Waals surface area contributed by atoms with Gasteiger partial charge >= 0.3 is 0 Å². The van der Waals surface area contributed by atoms with E-state index in [1.54, 1.807) is 4.90 Å². The summed E-state index contributed by atoms with van der Waals surface area (Å²) < 4.78 is 0. The lowest BCUT2D eigenvalue weighted by Gasteiger charge is -2.19. The van der Waals surface area contributed by atoms with Crippen molar-refractivity contribution in [3.63, 3.8) is 0 Å². The standard InChI is InChI=1S/C16H24N2O/c1-4-12(2)13-5-9-15(10-6-13)18(3)16(19)11-17-14-7-8-14/h5-6,9-10,12,14,17H,4,7-8,11H2,1-3H3. The van der Waals surface area contributed by atoms with E-state index in [1.165, 1.54) is 18.4 Å². The fourth-order valence-electron chi connectivity index (χ4n) is 2.04. The highest BCUT2D eigenvalue weighted by molar-refractivity contribution is 5.94. The topological polar surface area (TPSA) is 32.3 Å². The van der Waals surface area contributed by atoms with Crippen molar-refractivity contribution < 1.29 is 4.79 Å². The monoisotopic (exact) mass is 260 g/mol. The second-order valence-electron chi connectivity index (χ2n) is 5.51. The molecule has 1 aliphatic rings. The number of amides is 1. The van der Waals surface area contributed by atoms with Crippen LogP contribution in [-0.4, -0.2) is 25.5 Å². The van der Waals surface area contributed by atoms with E-state index in [0.717, 1.165) is 12.1 Å². The van der Waals surface area contributed by atoms with Crippen LogP contribution in [0.3, 0.4) is 0 Å². The average molecular weight is 260 g/mol. The summed E-state index contributed by atoms with van der Waals surface area (Å²) in [5, 5.41) is 3.25. The molecule has 3 nitrogen and oxygen atoms in total. The summed E-state index contributed by atoms with van der Waals surface area (Å²) in [6, 6.07) is 8.90. The van der Waals surface area contributed by atoms with Gasteiger partial charge in [0.15, 0.2) is 0 Å². The number of likely N-dealkylation sites (N-methyl/N-ethyl adjacent to an activating group) is 1. The lowest BCUT2D eigenvalue weighted by molar-refractivity contribution is -0.117. The van der Waals surface area contributed by atoms with Gasteiger partial charge in [-0.3, -0.25) is 4.79 Å². The van der Waals surface area contributed by atoms with Crippen LogP contribution in [0, 0.1) is 0 Å². The summed E-state index contributed by atoms with van der Waals surface area (Å²) >= 11 is 0. The molecule has 0 radical (unpaired) electrons. The number of nitrogens with zero attached hydrogens (tertiary/aromatic N) is 1. The molecular weight excluding hydrogens is 236 g/mol. The Balaban J connectivity index is 1.93. The molecule has 1 unspecified atom stereocenters. The Kier molecular flexibility index (Phi) is 4.59. The Hall–Kier alpha value is -1.35. The highest BCUT2D eigenvalue weighted by Crippen LogP contribution is 2.22. The van der Waals surface area contributed by atoms with E-state index in [-0.39, 0.29) is 5.91 Å². The molecule has 1 atom stereocenters. The molecule has 1 N–H and O–H groups in total. The third kappa shape index (κ3) is 3.80. The normalized spacial score (nSPS) is 16.2. The van der Waals surface area contributed by atoms with Crippen LogP contribution in [-0.2, 0) is 4.79 Å². The predicted molar refractivity (Wildman–Crippen MR) is 79.6 cm³/mol. The zero-order chi connectivity index (χ0) is 13.8. The van der Waals surface area contributed by atoms with Crippen LogP contribution < -0.4 is 10.2 Å². The molecule has 0 bridgehead atoms. The van der Waals surface area contributed by atoms with Crippen molar-refractivity contribution in [3.05, 3.63) is 29.8 Å². The van der Waals surface area contributed by atoms with Gasteiger partial charge in [0.05, 0.1) is 6.54 Å². The third-order valence-electron chi connectivity index (χ3n) is 3.96. The summed E-state index contributed by atoms with van der Waals surface area (Å²) in [6.45, 7) is 4.86. The molecule has 2 rings (SSSR count). The number of carbonyl (C=O) groups excluding carboxylic acids is 1. The Morgan fingerprint density at radius 2 is 2.00 bits per heavy atom. The van der Waals surface area contributed by atoms with Gasteiger partial charge < -0.3 is 10.2 Å². The van der Waals surface area contributed by atoms with Crippen molar-refractivity contribution in [2.45, 2.75) is 45.1 Å². The highest BCUT2D eigenvalue weighted by Gasteiger charge is 2.22. The fourth-order valence-corrected chi connectivity index (χ4v) is 2.04. The second kappa shape index (κ2) is 6.20. The molecule has 1 aromatic carbocycles. The van der Waals surface area contributed by atoms with Crippen molar-refractivity contribution in [1.82, 2.24) is 5.32 Å². The van der Waals surface area contributed by atoms with Gasteiger partial charge in [0.1, 0.15) is 0 Å². The first-order valence-corrected chi connectivity index (χ1v) is 7.21. The lowest BCUT2D eigenvalue weighted by Crippen LogP contribution is -2.36. The van der Waals surface area contributed by atoms with Crippen LogP contribution in [0.5, 0.6) is 0 Å². The van der Waals surface area contributed by atoms with E-state index in [0.29, 0.717) is 18.5 Å². The lowest BCUT2D eigenvalue weighted by atomic mass is 9.98. The number of benzene rings is 1. The van der Waals surface area contributed by atoms with Crippen LogP contribution >= 0.6 is 0 Å². The molecular formula is C16H24N2O. The summed E-state index contributed by atoms with van der Waals surface area (Å²) in [4.78, 5) is 13.7. The molecule has 0 heterocycles. The summed E-state index contributed by atoms with van der Waals surface area (Å²) in [6.07, 6.45) is 3.56. The minimum absolute atomic E-state index is 0.128. The van der Waals surface area contributed by atoms with Crippen LogP contribution in [0.1, 0.15) is 44.6 Å². The molecule has 1 fully saturated rings. The van der Waals surface area contributed by atoms with Crippen molar-refractivity contribution in [3.8, 4) is 0 Å². The molecule has 104 valence electrons. The molecule has 3 heteroatoms. The molecule has 0 spiro atoms. The summed E-state index contributed by atoms with van der Waals surface area (Å²) in [7, 11) is 1.84. The molecule has 0 aromatic heterocycles. The van der Waals surface area contributed by atoms with E-state index in [1.807, 2.05) is 19.2 Å². The van der Waals surface area contributed by atoms with Gasteiger partial charge in [-0.05, 0) is 42.9 Å². The van der Waals surface area contributed by atoms with Crippen LogP contribution in [0.15, 0.2) is 24.3 Å². The molecule has 1 saturated carbocycles. The number of carbonyl (C=O) groups is 1. The largest absolute Gasteiger partial charge is 0.314 e. The maximum absolute atomic E-state index is 12.0. The first-order chi connectivity index (χ1) is 9.11. The summed E-state index contributed by atoms with van der Waals surface area (Å²) in [5.41, 5.74) is 2.30. The maximum Gasteiger partial charge on any atom is 0.240 e. The van der Waals surface area contributed by atoms with E-state index in [9.17, 15) is 4.79 Å². The number of nitrogens with one attached hydrogen (secondary N) is 1. The Morgan fingerprint density at radius 1 is 1.37 bits per heavy atom. The van der Waals surface area contributed by atoms with Crippen LogP contribution in [0.2, 0.25) is 0 Å². The molecule has 1 aliphatic carbocycles. The van der Waals surface area contributed by atoms with Gasteiger partial charge in [0.25, 0.3) is 0 Å². The second-order valence-corrected chi connectivity index (χ2v) is 5.51. The van der Waals surface area contributed by atoms with E-state index in [4.69, 9.17) is 0 Å². The Bertz CT molecular complexity index is 423. The SMILES string of the molecule is CCC(C)c1ccc(N(C)C(=O)CNC2CC2)cc1. The molecule has 0 saturated heterocycles. The van der Waals surface area contributed by atoms with Gasteiger partial charge in [-0.15, -0.1) is 0 Å². The molecule has 1 amide bonds. The minimum Gasteiger partial charge on any atom is -0.314 e. The van der Waals surface area contributed by atoms with Gasteiger partial charge in [-0.2, -0.15) is 0 Å². The fraction of sp³-hybridized carbons (Fsp3) is 0.562. The molecule has 19 heavy (non-hydrogen) atoms. The number of anilines is 1. The predicted octanol–water partition coefficient (Wildman–Crippen LogP) is 2.91. The van der Waals surface area contributed by atoms with E-state index < -0.39 is 0 Å². The van der Waals surface area contributed by atoms with Gasteiger partial charge in [-0.25, -0.2) is 0 Å². The Labute approximate surface area is 116 Å². The maximum atomic E-state index is 12.0. The van der Waals surface area contributed by atoms with Crippen molar-refractivity contribution in [2.75, 3.05) is 18.5 Å². The minimum atomic E-state index is 0.128. The van der Waals surface area contributed by atoms with Crippen molar-refractivity contribution in [1.29, 1.82) is 0 Å². The van der Waals surface area contributed by atoms with Gasteiger partial charge in [0.2, 0.25) is 5.91 Å². The zero-order valence-corrected chi connectivity index (χ0v) is 12.1.